The molecule has 2 aliphatic rings. The molecule has 1 saturated heterocycles. The van der Waals surface area contributed by atoms with E-state index in [2.05, 4.69) is 41.0 Å². The number of aryl methyl sites for hydroxylation is 1. The first-order valence-corrected chi connectivity index (χ1v) is 10.0. The molecule has 0 unspecified atom stereocenters. The summed E-state index contributed by atoms with van der Waals surface area (Å²) in [4.78, 5) is 16.4. The van der Waals surface area contributed by atoms with E-state index in [0.29, 0.717) is 0 Å². The maximum atomic E-state index is 11.3. The van der Waals surface area contributed by atoms with Gasteiger partial charge in [-0.05, 0) is 68.7 Å². The number of carbonyl (C=O) groups excluding carboxylic acids is 1. The molecule has 0 aromatic heterocycles. The van der Waals surface area contributed by atoms with Crippen LogP contribution in [0.4, 0.5) is 5.69 Å². The highest BCUT2D eigenvalue weighted by atomic mass is 16.1. The Bertz CT molecular complexity index is 558. The molecule has 25 heavy (non-hydrogen) atoms. The molecule has 2 N–H and O–H groups in total. The molecular weight excluding hydrogens is 310 g/mol. The first kappa shape index (κ1) is 18.2. The predicted octanol–water partition coefficient (Wildman–Crippen LogP) is 3.05. The van der Waals surface area contributed by atoms with Crippen LogP contribution in [0.2, 0.25) is 0 Å². The molecule has 1 aliphatic heterocycles. The van der Waals surface area contributed by atoms with Crippen LogP contribution in [0.5, 0.6) is 0 Å². The third-order valence-corrected chi connectivity index (χ3v) is 6.16. The highest BCUT2D eigenvalue weighted by Crippen LogP contribution is 2.31. The molecule has 1 saturated carbocycles. The minimum Gasteiger partial charge on any atom is -0.369 e. The average molecular weight is 344 g/mol. The Labute approximate surface area is 152 Å². The fourth-order valence-corrected chi connectivity index (χ4v) is 4.30. The first-order chi connectivity index (χ1) is 12.2. The van der Waals surface area contributed by atoms with Gasteiger partial charge < -0.3 is 10.6 Å². The molecule has 4 heteroatoms. The van der Waals surface area contributed by atoms with Crippen molar-refractivity contribution in [2.75, 3.05) is 37.6 Å². The van der Waals surface area contributed by atoms with Crippen LogP contribution in [0, 0.1) is 11.8 Å². The van der Waals surface area contributed by atoms with Gasteiger partial charge in [0, 0.05) is 37.8 Å². The van der Waals surface area contributed by atoms with Crippen molar-refractivity contribution in [1.82, 2.24) is 4.90 Å². The zero-order valence-corrected chi connectivity index (χ0v) is 15.6. The van der Waals surface area contributed by atoms with Crippen LogP contribution in [0.1, 0.15) is 44.6 Å². The van der Waals surface area contributed by atoms with Crippen LogP contribution in [-0.4, -0.2) is 43.5 Å². The fraction of sp³-hybridized carbons (Fsp3) is 0.667. The van der Waals surface area contributed by atoms with Crippen LogP contribution in [0.3, 0.4) is 0 Å². The largest absolute Gasteiger partial charge is 0.369 e. The molecule has 1 heterocycles. The van der Waals surface area contributed by atoms with Crippen LogP contribution >= 0.6 is 0 Å². The Hall–Kier alpha value is -1.55. The van der Waals surface area contributed by atoms with E-state index in [-0.39, 0.29) is 11.8 Å². The van der Waals surface area contributed by atoms with Gasteiger partial charge in [0.2, 0.25) is 5.91 Å². The number of piperazine rings is 1. The predicted molar refractivity (Wildman–Crippen MR) is 104 cm³/mol. The summed E-state index contributed by atoms with van der Waals surface area (Å²) in [5, 5.41) is 0. The minimum absolute atomic E-state index is 0.0956. The Balaban J connectivity index is 1.39. The van der Waals surface area contributed by atoms with Crippen molar-refractivity contribution in [3.63, 3.8) is 0 Å². The van der Waals surface area contributed by atoms with E-state index < -0.39 is 0 Å². The maximum absolute atomic E-state index is 11.3. The third-order valence-electron chi connectivity index (χ3n) is 6.16. The summed E-state index contributed by atoms with van der Waals surface area (Å²) in [6.07, 6.45) is 6.74. The van der Waals surface area contributed by atoms with Crippen LogP contribution in [0.25, 0.3) is 0 Å². The quantitative estimate of drug-likeness (QED) is 0.864. The number of hydrogen-bond acceptors (Lipinski definition) is 3. The van der Waals surface area contributed by atoms with Crippen LogP contribution < -0.4 is 10.6 Å². The lowest BCUT2D eigenvalue weighted by atomic mass is 9.80. The lowest BCUT2D eigenvalue weighted by molar-refractivity contribution is -0.123. The van der Waals surface area contributed by atoms with Crippen molar-refractivity contribution in [2.45, 2.75) is 45.4 Å². The smallest absolute Gasteiger partial charge is 0.220 e. The Morgan fingerprint density at radius 3 is 2.48 bits per heavy atom. The SMILES string of the molecule is CCc1cccc(N2CCN(CCC3CCC(C(N)=O)CC3)CC2)c1. The van der Waals surface area contributed by atoms with Gasteiger partial charge in [-0.3, -0.25) is 9.69 Å². The van der Waals surface area contributed by atoms with Gasteiger partial charge in [0.15, 0.2) is 0 Å². The summed E-state index contributed by atoms with van der Waals surface area (Å²) < 4.78 is 0. The highest BCUT2D eigenvalue weighted by Gasteiger charge is 2.25. The van der Waals surface area contributed by atoms with E-state index in [0.717, 1.165) is 51.4 Å². The second-order valence-corrected chi connectivity index (χ2v) is 7.76. The molecule has 0 radical (unpaired) electrons. The Kier molecular flexibility index (Phi) is 6.35. The molecule has 0 atom stereocenters. The van der Waals surface area contributed by atoms with Crippen molar-refractivity contribution in [2.24, 2.45) is 17.6 Å². The number of nitrogens with zero attached hydrogens (tertiary/aromatic N) is 2. The summed E-state index contributed by atoms with van der Waals surface area (Å²) >= 11 is 0. The maximum Gasteiger partial charge on any atom is 0.220 e. The molecule has 138 valence electrons. The number of rotatable bonds is 6. The molecular formula is C21H33N3O. The van der Waals surface area contributed by atoms with Gasteiger partial charge in [0.1, 0.15) is 0 Å². The molecule has 2 fully saturated rings. The molecule has 4 nitrogen and oxygen atoms in total. The van der Waals surface area contributed by atoms with Crippen molar-refractivity contribution in [3.8, 4) is 0 Å². The second-order valence-electron chi connectivity index (χ2n) is 7.76. The number of primary amides is 1. The Morgan fingerprint density at radius 2 is 1.84 bits per heavy atom. The van der Waals surface area contributed by atoms with Crippen LogP contribution in [-0.2, 0) is 11.2 Å². The standard InChI is InChI=1S/C21H33N3O/c1-2-17-4-3-5-20(16-17)24-14-12-23(13-15-24)11-10-18-6-8-19(9-7-18)21(22)25/h3-5,16,18-19H,2,6-15H2,1H3,(H2,22,25). The summed E-state index contributed by atoms with van der Waals surface area (Å²) in [6, 6.07) is 8.98. The van der Waals surface area contributed by atoms with E-state index in [4.69, 9.17) is 5.73 Å². The number of benzene rings is 1. The van der Waals surface area contributed by atoms with Crippen LogP contribution in [0.15, 0.2) is 24.3 Å². The zero-order valence-electron chi connectivity index (χ0n) is 15.6. The number of hydrogen-bond donors (Lipinski definition) is 1. The normalized spacial score (nSPS) is 25.1. The topological polar surface area (TPSA) is 49.6 Å². The number of carbonyl (C=O) groups is 1. The zero-order chi connectivity index (χ0) is 17.6. The van der Waals surface area contributed by atoms with E-state index in [1.807, 2.05) is 0 Å². The van der Waals surface area contributed by atoms with E-state index >= 15 is 0 Å². The van der Waals surface area contributed by atoms with Crippen molar-refractivity contribution in [1.29, 1.82) is 0 Å². The first-order valence-electron chi connectivity index (χ1n) is 10.0. The van der Waals surface area contributed by atoms with Gasteiger partial charge in [-0.2, -0.15) is 0 Å². The van der Waals surface area contributed by atoms with Gasteiger partial charge in [-0.25, -0.2) is 0 Å². The van der Waals surface area contributed by atoms with E-state index in [1.165, 1.54) is 37.1 Å². The second kappa shape index (κ2) is 8.70. The van der Waals surface area contributed by atoms with Gasteiger partial charge in [0.25, 0.3) is 0 Å². The highest BCUT2D eigenvalue weighted by molar-refractivity contribution is 5.76. The van der Waals surface area contributed by atoms with Gasteiger partial charge >= 0.3 is 0 Å². The summed E-state index contributed by atoms with van der Waals surface area (Å²) in [6.45, 7) is 7.99. The molecule has 1 aromatic rings. The van der Waals surface area contributed by atoms with Crippen molar-refractivity contribution >= 4 is 11.6 Å². The molecule has 0 bridgehead atoms. The lowest BCUT2D eigenvalue weighted by Gasteiger charge is -2.37. The number of nitrogens with two attached hydrogens (primary N) is 1. The lowest BCUT2D eigenvalue weighted by Crippen LogP contribution is -2.47. The molecule has 1 aromatic carbocycles. The summed E-state index contributed by atoms with van der Waals surface area (Å²) in [5.41, 5.74) is 8.23. The van der Waals surface area contributed by atoms with E-state index in [1.54, 1.807) is 0 Å². The van der Waals surface area contributed by atoms with Gasteiger partial charge in [0.05, 0.1) is 0 Å². The van der Waals surface area contributed by atoms with E-state index in [9.17, 15) is 4.79 Å². The van der Waals surface area contributed by atoms with Crippen molar-refractivity contribution < 1.29 is 4.79 Å². The third kappa shape index (κ3) is 4.97. The molecule has 0 spiro atoms. The number of anilines is 1. The summed E-state index contributed by atoms with van der Waals surface area (Å²) in [5.74, 6) is 0.829. The van der Waals surface area contributed by atoms with Gasteiger partial charge in [-0.15, -0.1) is 0 Å². The monoisotopic (exact) mass is 343 g/mol. The molecule has 1 aliphatic carbocycles. The Morgan fingerprint density at radius 1 is 1.12 bits per heavy atom. The van der Waals surface area contributed by atoms with Gasteiger partial charge in [-0.1, -0.05) is 19.1 Å². The van der Waals surface area contributed by atoms with Crippen molar-refractivity contribution in [3.05, 3.63) is 29.8 Å². The summed E-state index contributed by atoms with van der Waals surface area (Å²) in [7, 11) is 0. The minimum atomic E-state index is -0.0956. The molecule has 1 amide bonds. The number of amides is 1. The average Bonchev–Trinajstić information content (AvgIpc) is 2.67. The fourth-order valence-electron chi connectivity index (χ4n) is 4.30. The molecule has 3 rings (SSSR count).